The van der Waals surface area contributed by atoms with Crippen molar-refractivity contribution in [2.24, 2.45) is 0 Å². The molecule has 3 aromatic rings. The number of alkyl halides is 3. The molecule has 0 unspecified atom stereocenters. The minimum absolute atomic E-state index is 0.0217. The Morgan fingerprint density at radius 2 is 1.79 bits per heavy atom. The maximum atomic E-state index is 14.3. The molecule has 0 saturated heterocycles. The van der Waals surface area contributed by atoms with Gasteiger partial charge in [0.2, 0.25) is 0 Å². The molecule has 0 saturated carbocycles. The van der Waals surface area contributed by atoms with Crippen LogP contribution < -0.4 is 5.32 Å². The van der Waals surface area contributed by atoms with Crippen molar-refractivity contribution in [3.8, 4) is 22.3 Å². The van der Waals surface area contributed by atoms with Gasteiger partial charge in [0.1, 0.15) is 11.6 Å². The summed E-state index contributed by atoms with van der Waals surface area (Å²) in [4.78, 5) is 12.2. The maximum absolute atomic E-state index is 14.3. The van der Waals surface area contributed by atoms with E-state index in [1.54, 1.807) is 6.92 Å². The molecule has 0 fully saturated rings. The van der Waals surface area contributed by atoms with Crippen molar-refractivity contribution in [2.75, 3.05) is 0 Å². The fourth-order valence-corrected chi connectivity index (χ4v) is 3.44. The number of carbonyl (C=O) groups excluding carboxylic acids is 1. The van der Waals surface area contributed by atoms with Gasteiger partial charge in [0.05, 0.1) is 0 Å². The number of hydrogen-bond donors (Lipinski definition) is 1. The van der Waals surface area contributed by atoms with Gasteiger partial charge in [-0.15, -0.1) is 0 Å². The molecule has 1 aliphatic heterocycles. The number of carbonyl (C=O) groups is 1. The molecule has 1 aliphatic rings. The Balaban J connectivity index is 2.00. The zero-order chi connectivity index (χ0) is 20.9. The van der Waals surface area contributed by atoms with Crippen molar-refractivity contribution in [3.05, 3.63) is 65.0 Å². The maximum Gasteiger partial charge on any atom is 0.435 e. The average Bonchev–Trinajstić information content (AvgIpc) is 3.25. The van der Waals surface area contributed by atoms with Crippen LogP contribution in [0.2, 0.25) is 0 Å². The lowest BCUT2D eigenvalue weighted by Gasteiger charge is -2.13. The number of aromatic nitrogens is 2. The van der Waals surface area contributed by atoms with Crippen LogP contribution in [0.1, 0.15) is 28.5 Å². The summed E-state index contributed by atoms with van der Waals surface area (Å²) in [7, 11) is 0. The topological polar surface area (TPSA) is 46.9 Å². The Labute approximate surface area is 162 Å². The number of aryl methyl sites for hydroxylation is 1. The lowest BCUT2D eigenvalue weighted by molar-refractivity contribution is -0.141. The highest BCUT2D eigenvalue weighted by molar-refractivity contribution is 6.02. The minimum Gasteiger partial charge on any atom is -0.348 e. The monoisotopic (exact) mass is 407 g/mol. The molecule has 2 heterocycles. The summed E-state index contributed by atoms with van der Waals surface area (Å²) in [6, 6.07) is 5.68. The van der Waals surface area contributed by atoms with Gasteiger partial charge in [0.15, 0.2) is 5.69 Å². The Hall–Kier alpha value is -3.23. The number of halogens is 5. The van der Waals surface area contributed by atoms with Crippen LogP contribution >= 0.6 is 0 Å². The van der Waals surface area contributed by atoms with Gasteiger partial charge < -0.3 is 5.32 Å². The van der Waals surface area contributed by atoms with Crippen molar-refractivity contribution < 1.29 is 26.7 Å². The Kier molecular flexibility index (Phi) is 4.40. The average molecular weight is 407 g/mol. The third kappa shape index (κ3) is 3.26. The SMILES string of the molecule is CCn1cc(-c2cc(-c3ccc(F)cc3F)cc3c2CNC3=O)c(C(F)(F)F)n1. The molecule has 1 N–H and O–H groups in total. The molecule has 1 aromatic heterocycles. The number of hydrogen-bond acceptors (Lipinski definition) is 2. The van der Waals surface area contributed by atoms with E-state index in [0.717, 1.165) is 10.7 Å². The molecule has 0 bridgehead atoms. The van der Waals surface area contributed by atoms with E-state index in [0.29, 0.717) is 11.6 Å². The quantitative estimate of drug-likeness (QED) is 0.636. The highest BCUT2D eigenvalue weighted by atomic mass is 19.4. The number of rotatable bonds is 3. The normalized spacial score (nSPS) is 13.5. The van der Waals surface area contributed by atoms with E-state index in [1.165, 1.54) is 24.4 Å². The second-order valence-corrected chi connectivity index (χ2v) is 6.60. The molecule has 0 atom stereocenters. The Bertz CT molecular complexity index is 1130. The Morgan fingerprint density at radius 1 is 1.07 bits per heavy atom. The second-order valence-electron chi connectivity index (χ2n) is 6.60. The first-order valence-electron chi connectivity index (χ1n) is 8.74. The summed E-state index contributed by atoms with van der Waals surface area (Å²) in [5, 5.41) is 6.19. The number of benzene rings is 2. The molecule has 29 heavy (non-hydrogen) atoms. The molecule has 0 aliphatic carbocycles. The van der Waals surface area contributed by atoms with Crippen LogP contribution in [-0.4, -0.2) is 15.7 Å². The zero-order valence-electron chi connectivity index (χ0n) is 15.1. The molecule has 0 spiro atoms. The third-order valence-electron chi connectivity index (χ3n) is 4.81. The Morgan fingerprint density at radius 3 is 2.45 bits per heavy atom. The van der Waals surface area contributed by atoms with Gasteiger partial charge in [-0.2, -0.15) is 18.3 Å². The van der Waals surface area contributed by atoms with Crippen molar-refractivity contribution >= 4 is 5.91 Å². The van der Waals surface area contributed by atoms with Crippen LogP contribution in [0.4, 0.5) is 22.0 Å². The first-order valence-corrected chi connectivity index (χ1v) is 8.74. The molecule has 9 heteroatoms. The molecule has 150 valence electrons. The van der Waals surface area contributed by atoms with Gasteiger partial charge in [-0.05, 0) is 47.9 Å². The lowest BCUT2D eigenvalue weighted by atomic mass is 9.91. The highest BCUT2D eigenvalue weighted by Gasteiger charge is 2.39. The van der Waals surface area contributed by atoms with Crippen molar-refractivity contribution in [3.63, 3.8) is 0 Å². The molecule has 2 aromatic carbocycles. The standard InChI is InChI=1S/C20H14F5N3O/c1-2-28-9-16(18(27-28)20(23,24)25)13-5-10(6-14-15(13)8-26-19(14)29)12-4-3-11(21)7-17(12)22/h3-7,9H,2,8H2,1H3,(H,26,29). The minimum atomic E-state index is -4.71. The third-order valence-corrected chi connectivity index (χ3v) is 4.81. The molecular weight excluding hydrogens is 393 g/mol. The van der Waals surface area contributed by atoms with E-state index in [2.05, 4.69) is 10.4 Å². The van der Waals surface area contributed by atoms with Crippen LogP contribution in [0.15, 0.2) is 36.5 Å². The molecule has 4 rings (SSSR count). The zero-order valence-corrected chi connectivity index (χ0v) is 15.1. The summed E-state index contributed by atoms with van der Waals surface area (Å²) in [5.74, 6) is -2.13. The van der Waals surface area contributed by atoms with Gasteiger partial charge in [0.25, 0.3) is 5.91 Å². The highest BCUT2D eigenvalue weighted by Crippen LogP contribution is 2.41. The largest absolute Gasteiger partial charge is 0.435 e. The molecule has 1 amide bonds. The summed E-state index contributed by atoms with van der Waals surface area (Å²) >= 11 is 0. The first-order chi connectivity index (χ1) is 13.7. The second kappa shape index (κ2) is 6.68. The van der Waals surface area contributed by atoms with E-state index in [-0.39, 0.29) is 40.9 Å². The fraction of sp³-hybridized carbons (Fsp3) is 0.200. The van der Waals surface area contributed by atoms with Crippen LogP contribution in [0.25, 0.3) is 22.3 Å². The van der Waals surface area contributed by atoms with E-state index < -0.39 is 29.4 Å². The fourth-order valence-electron chi connectivity index (χ4n) is 3.44. The van der Waals surface area contributed by atoms with Crippen molar-refractivity contribution in [1.82, 2.24) is 15.1 Å². The van der Waals surface area contributed by atoms with Gasteiger partial charge in [-0.1, -0.05) is 0 Å². The lowest BCUT2D eigenvalue weighted by Crippen LogP contribution is -2.12. The first kappa shape index (κ1) is 19.1. The predicted octanol–water partition coefficient (Wildman–Crippen LogP) is 4.78. The summed E-state index contributed by atoms with van der Waals surface area (Å²) in [6.07, 6.45) is -3.46. The summed E-state index contributed by atoms with van der Waals surface area (Å²) in [6.45, 7) is 1.91. The van der Waals surface area contributed by atoms with Gasteiger partial charge in [-0.3, -0.25) is 9.48 Å². The van der Waals surface area contributed by atoms with E-state index in [9.17, 15) is 26.7 Å². The van der Waals surface area contributed by atoms with E-state index in [1.807, 2.05) is 0 Å². The van der Waals surface area contributed by atoms with Crippen molar-refractivity contribution in [1.29, 1.82) is 0 Å². The van der Waals surface area contributed by atoms with Crippen LogP contribution in [0.5, 0.6) is 0 Å². The number of nitrogens with zero attached hydrogens (tertiary/aromatic N) is 2. The predicted molar refractivity (Wildman–Crippen MR) is 94.9 cm³/mol. The number of fused-ring (bicyclic) bond motifs is 1. The summed E-state index contributed by atoms with van der Waals surface area (Å²) < 4.78 is 69.5. The van der Waals surface area contributed by atoms with Gasteiger partial charge in [-0.25, -0.2) is 8.78 Å². The van der Waals surface area contributed by atoms with E-state index >= 15 is 0 Å². The van der Waals surface area contributed by atoms with Crippen LogP contribution in [0, 0.1) is 11.6 Å². The van der Waals surface area contributed by atoms with Crippen LogP contribution in [0.3, 0.4) is 0 Å². The molecule has 4 nitrogen and oxygen atoms in total. The number of amides is 1. The number of nitrogens with one attached hydrogen (secondary N) is 1. The van der Waals surface area contributed by atoms with Crippen LogP contribution in [-0.2, 0) is 19.3 Å². The smallest absolute Gasteiger partial charge is 0.348 e. The van der Waals surface area contributed by atoms with Crippen molar-refractivity contribution in [2.45, 2.75) is 26.2 Å². The van der Waals surface area contributed by atoms with Gasteiger partial charge >= 0.3 is 6.18 Å². The summed E-state index contributed by atoms with van der Waals surface area (Å²) in [5.41, 5.74) is -0.473. The molecular formula is C20H14F5N3O. The van der Waals surface area contributed by atoms with E-state index in [4.69, 9.17) is 0 Å². The van der Waals surface area contributed by atoms with Gasteiger partial charge in [0, 0.05) is 42.0 Å². The molecule has 0 radical (unpaired) electrons.